The molecule has 162 valence electrons. The molecule has 0 bridgehead atoms. The topological polar surface area (TPSA) is 75.5 Å². The number of anilines is 1. The molecule has 0 aliphatic carbocycles. The summed E-state index contributed by atoms with van der Waals surface area (Å²) < 4.78 is 7.56. The zero-order chi connectivity index (χ0) is 21.6. The lowest BCUT2D eigenvalue weighted by molar-refractivity contribution is 0.132. The Balaban J connectivity index is 1.22. The Bertz CT molecular complexity index is 995. The first-order valence-electron chi connectivity index (χ1n) is 10.5. The Morgan fingerprint density at radius 2 is 1.84 bits per heavy atom. The number of nitrogens with zero attached hydrogens (tertiary/aromatic N) is 5. The number of aryl methyl sites for hydroxylation is 2. The fourth-order valence-corrected chi connectivity index (χ4v) is 3.63. The summed E-state index contributed by atoms with van der Waals surface area (Å²) >= 11 is 0. The molecule has 1 N–H and O–H groups in total. The molecule has 0 atom stereocenters. The second-order valence-corrected chi connectivity index (χ2v) is 7.66. The molecule has 3 heterocycles. The van der Waals surface area contributed by atoms with Crippen molar-refractivity contribution in [2.75, 3.05) is 44.6 Å². The van der Waals surface area contributed by atoms with E-state index in [9.17, 15) is 4.79 Å². The van der Waals surface area contributed by atoms with Crippen LogP contribution in [0.5, 0.6) is 5.75 Å². The molecule has 1 aliphatic heterocycles. The van der Waals surface area contributed by atoms with Crippen LogP contribution in [0.1, 0.15) is 11.4 Å². The molecule has 0 radical (unpaired) electrons. The Morgan fingerprint density at radius 1 is 1.06 bits per heavy atom. The second-order valence-electron chi connectivity index (χ2n) is 7.66. The molecule has 0 spiro atoms. The molecular formula is C23H28N6O2. The quantitative estimate of drug-likeness (QED) is 0.663. The molecule has 0 unspecified atom stereocenters. The number of hydrogen-bond donors (Lipinski definition) is 1. The minimum absolute atomic E-state index is 0.0964. The molecule has 31 heavy (non-hydrogen) atoms. The van der Waals surface area contributed by atoms with Gasteiger partial charge in [-0.15, -0.1) is 0 Å². The van der Waals surface area contributed by atoms with Crippen molar-refractivity contribution in [1.82, 2.24) is 24.6 Å². The number of rotatable bonds is 6. The van der Waals surface area contributed by atoms with Crippen LogP contribution in [0.15, 0.2) is 54.7 Å². The number of ether oxygens (including phenoxy) is 1. The molecule has 1 fully saturated rings. The number of hydrogen-bond acceptors (Lipinski definition) is 5. The van der Waals surface area contributed by atoms with Gasteiger partial charge < -0.3 is 15.0 Å². The van der Waals surface area contributed by atoms with E-state index in [4.69, 9.17) is 4.74 Å². The van der Waals surface area contributed by atoms with E-state index < -0.39 is 0 Å². The summed E-state index contributed by atoms with van der Waals surface area (Å²) in [5.41, 5.74) is 2.64. The first-order valence-corrected chi connectivity index (χ1v) is 10.5. The van der Waals surface area contributed by atoms with E-state index in [1.807, 2.05) is 67.3 Å². The molecule has 4 rings (SSSR count). The molecule has 3 aromatic rings. The first-order chi connectivity index (χ1) is 15.1. The number of benzene rings is 1. The van der Waals surface area contributed by atoms with Gasteiger partial charge in [0, 0.05) is 38.4 Å². The third-order valence-electron chi connectivity index (χ3n) is 5.30. The zero-order valence-corrected chi connectivity index (χ0v) is 18.0. The number of urea groups is 1. The van der Waals surface area contributed by atoms with Gasteiger partial charge in [-0.2, -0.15) is 5.10 Å². The summed E-state index contributed by atoms with van der Waals surface area (Å²) in [6, 6.07) is 15.5. The van der Waals surface area contributed by atoms with Crippen LogP contribution in [-0.2, 0) is 0 Å². The average molecular weight is 421 g/mol. The monoisotopic (exact) mass is 420 g/mol. The third-order valence-corrected chi connectivity index (χ3v) is 5.30. The minimum Gasteiger partial charge on any atom is -0.492 e. The predicted octanol–water partition coefficient (Wildman–Crippen LogP) is 3.11. The maximum atomic E-state index is 12.6. The van der Waals surface area contributed by atoms with Crippen molar-refractivity contribution >= 4 is 11.7 Å². The van der Waals surface area contributed by atoms with Crippen molar-refractivity contribution in [3.8, 4) is 11.6 Å². The number of aromatic nitrogens is 3. The molecule has 8 nitrogen and oxygen atoms in total. The highest BCUT2D eigenvalue weighted by Crippen LogP contribution is 2.14. The van der Waals surface area contributed by atoms with Gasteiger partial charge in [-0.1, -0.05) is 18.2 Å². The lowest BCUT2D eigenvalue weighted by Gasteiger charge is -2.34. The number of carbonyl (C=O) groups excluding carboxylic acids is 1. The molecule has 1 aromatic carbocycles. The number of nitrogens with one attached hydrogen (secondary N) is 1. The molecule has 8 heteroatoms. The van der Waals surface area contributed by atoms with Gasteiger partial charge in [-0.05, 0) is 44.2 Å². The fraction of sp³-hybridized carbons (Fsp3) is 0.348. The summed E-state index contributed by atoms with van der Waals surface area (Å²) in [6.07, 6.45) is 1.67. The Hall–Kier alpha value is -3.39. The summed E-state index contributed by atoms with van der Waals surface area (Å²) in [5.74, 6) is 1.62. The van der Waals surface area contributed by atoms with Crippen molar-refractivity contribution in [3.63, 3.8) is 0 Å². The minimum atomic E-state index is -0.0964. The standard InChI is InChI=1S/C23H28N6O2/c1-18-16-19(2)29(26-18)22-9-8-20(17-24-22)25-23(30)28-12-10-27(11-13-28)14-15-31-21-6-4-3-5-7-21/h3-9,16-17H,10-15H2,1-2H3,(H,25,30). The Kier molecular flexibility index (Phi) is 6.47. The smallest absolute Gasteiger partial charge is 0.321 e. The maximum absolute atomic E-state index is 12.6. The average Bonchev–Trinajstić information content (AvgIpc) is 3.13. The number of carbonyl (C=O) groups is 1. The van der Waals surface area contributed by atoms with Gasteiger partial charge in [0.2, 0.25) is 0 Å². The Morgan fingerprint density at radius 3 is 2.48 bits per heavy atom. The largest absolute Gasteiger partial charge is 0.492 e. The fourth-order valence-electron chi connectivity index (χ4n) is 3.63. The van der Waals surface area contributed by atoms with E-state index in [-0.39, 0.29) is 6.03 Å². The van der Waals surface area contributed by atoms with Crippen molar-refractivity contribution in [2.45, 2.75) is 13.8 Å². The predicted molar refractivity (Wildman–Crippen MR) is 120 cm³/mol. The molecular weight excluding hydrogens is 392 g/mol. The van der Waals surface area contributed by atoms with E-state index in [0.717, 1.165) is 42.6 Å². The molecule has 2 aromatic heterocycles. The maximum Gasteiger partial charge on any atom is 0.321 e. The van der Waals surface area contributed by atoms with Crippen LogP contribution in [0.2, 0.25) is 0 Å². The number of pyridine rings is 1. The van der Waals surface area contributed by atoms with Gasteiger partial charge in [0.05, 0.1) is 17.6 Å². The first kappa shape index (κ1) is 20.9. The molecule has 1 aliphatic rings. The van der Waals surface area contributed by atoms with Crippen molar-refractivity contribution in [3.05, 3.63) is 66.1 Å². The van der Waals surface area contributed by atoms with Crippen molar-refractivity contribution < 1.29 is 9.53 Å². The number of para-hydroxylation sites is 1. The van der Waals surface area contributed by atoms with Crippen LogP contribution in [0, 0.1) is 13.8 Å². The lowest BCUT2D eigenvalue weighted by Crippen LogP contribution is -2.50. The zero-order valence-electron chi connectivity index (χ0n) is 18.0. The number of amides is 2. The van der Waals surface area contributed by atoms with Crippen LogP contribution < -0.4 is 10.1 Å². The van der Waals surface area contributed by atoms with Crippen LogP contribution in [0.3, 0.4) is 0 Å². The van der Waals surface area contributed by atoms with Gasteiger partial charge in [0.25, 0.3) is 0 Å². The SMILES string of the molecule is Cc1cc(C)n(-c2ccc(NC(=O)N3CCN(CCOc4ccccc4)CC3)cn2)n1. The van der Waals surface area contributed by atoms with E-state index in [2.05, 4.69) is 20.3 Å². The van der Waals surface area contributed by atoms with Crippen molar-refractivity contribution in [2.24, 2.45) is 0 Å². The van der Waals surface area contributed by atoms with Gasteiger partial charge in [0.1, 0.15) is 12.4 Å². The van der Waals surface area contributed by atoms with Crippen LogP contribution in [0.25, 0.3) is 5.82 Å². The molecule has 1 saturated heterocycles. The van der Waals surface area contributed by atoms with E-state index in [0.29, 0.717) is 25.4 Å². The second kappa shape index (κ2) is 9.61. The van der Waals surface area contributed by atoms with Crippen LogP contribution in [-0.4, -0.2) is 69.9 Å². The van der Waals surface area contributed by atoms with Gasteiger partial charge >= 0.3 is 6.03 Å². The Labute approximate surface area is 182 Å². The molecule has 0 saturated carbocycles. The summed E-state index contributed by atoms with van der Waals surface area (Å²) in [4.78, 5) is 21.2. The van der Waals surface area contributed by atoms with Crippen LogP contribution in [0.4, 0.5) is 10.5 Å². The van der Waals surface area contributed by atoms with E-state index >= 15 is 0 Å². The summed E-state index contributed by atoms with van der Waals surface area (Å²) in [6.45, 7) is 8.48. The number of piperazine rings is 1. The van der Waals surface area contributed by atoms with E-state index in [1.165, 1.54) is 0 Å². The highest BCUT2D eigenvalue weighted by molar-refractivity contribution is 5.89. The lowest BCUT2D eigenvalue weighted by atomic mass is 10.3. The molecule has 2 amide bonds. The highest BCUT2D eigenvalue weighted by atomic mass is 16.5. The third kappa shape index (κ3) is 5.40. The van der Waals surface area contributed by atoms with Gasteiger partial charge in [0.15, 0.2) is 5.82 Å². The van der Waals surface area contributed by atoms with Crippen molar-refractivity contribution in [1.29, 1.82) is 0 Å². The summed E-state index contributed by atoms with van der Waals surface area (Å²) in [7, 11) is 0. The highest BCUT2D eigenvalue weighted by Gasteiger charge is 2.21. The van der Waals surface area contributed by atoms with Gasteiger partial charge in [-0.3, -0.25) is 4.90 Å². The normalized spacial score (nSPS) is 14.5. The van der Waals surface area contributed by atoms with E-state index in [1.54, 1.807) is 10.9 Å². The van der Waals surface area contributed by atoms with Gasteiger partial charge in [-0.25, -0.2) is 14.5 Å². The van der Waals surface area contributed by atoms with Crippen LogP contribution >= 0.6 is 0 Å². The summed E-state index contributed by atoms with van der Waals surface area (Å²) in [5, 5.41) is 7.38.